The molecule has 3 heteroatoms. The fourth-order valence-corrected chi connectivity index (χ4v) is 2.38. The highest BCUT2D eigenvalue weighted by Crippen LogP contribution is 2.50. The second kappa shape index (κ2) is 2.09. The van der Waals surface area contributed by atoms with Crippen molar-refractivity contribution in [1.82, 2.24) is 0 Å². The van der Waals surface area contributed by atoms with Gasteiger partial charge in [-0.2, -0.15) is 0 Å². The topological polar surface area (TPSA) is 12.5 Å². The molecule has 0 bridgehead atoms. The Labute approximate surface area is 77.7 Å². The Balaban J connectivity index is 2.24. The Kier molecular flexibility index (Phi) is 1.23. The number of benzene rings is 1. The molecule has 2 aliphatic rings. The minimum atomic E-state index is -0.171. The fraction of sp³-hybridized carbons (Fsp3) is 0.333. The summed E-state index contributed by atoms with van der Waals surface area (Å²) in [6.07, 6.45) is 1.45. The van der Waals surface area contributed by atoms with Gasteiger partial charge < -0.3 is 4.74 Å². The molecule has 0 aromatic heterocycles. The summed E-state index contributed by atoms with van der Waals surface area (Å²) in [4.78, 5) is 0. The van der Waals surface area contributed by atoms with E-state index in [0.717, 1.165) is 17.5 Å². The lowest BCUT2D eigenvalue weighted by molar-refractivity contribution is 0.360. The van der Waals surface area contributed by atoms with Crippen LogP contribution < -0.4 is 0 Å². The van der Waals surface area contributed by atoms with E-state index >= 15 is 0 Å². The minimum Gasteiger partial charge on any atom is -0.364 e. The van der Waals surface area contributed by atoms with Gasteiger partial charge in [0, 0.05) is 6.42 Å². The van der Waals surface area contributed by atoms with Crippen LogP contribution >= 0.6 is 15.9 Å². The van der Waals surface area contributed by atoms with E-state index in [1.165, 1.54) is 6.07 Å². The van der Waals surface area contributed by atoms with Gasteiger partial charge in [-0.15, -0.1) is 0 Å². The molecule has 0 amide bonds. The third-order valence-electron chi connectivity index (χ3n) is 2.53. The Hall–Kier alpha value is -0.410. The largest absolute Gasteiger partial charge is 0.364 e. The van der Waals surface area contributed by atoms with Crippen LogP contribution in [0.2, 0.25) is 0 Å². The zero-order chi connectivity index (χ0) is 8.29. The molecule has 0 N–H and O–H groups in total. The van der Waals surface area contributed by atoms with Crippen molar-refractivity contribution in [1.29, 1.82) is 0 Å². The maximum atomic E-state index is 13.0. The number of hydrogen-bond acceptors (Lipinski definition) is 1. The second-order valence-corrected chi connectivity index (χ2v) is 4.02. The summed E-state index contributed by atoms with van der Waals surface area (Å²) in [5.74, 6) is -0.171. The SMILES string of the molecule is Fc1ccc2c(c1Br)C[C@@H]1O[C@@H]21. The first kappa shape index (κ1) is 7.04. The van der Waals surface area contributed by atoms with E-state index in [0.29, 0.717) is 10.6 Å². The van der Waals surface area contributed by atoms with Crippen LogP contribution in [0, 0.1) is 5.82 Å². The van der Waals surface area contributed by atoms with Crippen molar-refractivity contribution in [3.8, 4) is 0 Å². The lowest BCUT2D eigenvalue weighted by atomic mass is 10.1. The standard InChI is InChI=1S/C9H6BrFO/c10-8-5-3-7-9(12-7)4(5)1-2-6(8)11/h1-2,7,9H,3H2/t7-,9-/m0/s1. The van der Waals surface area contributed by atoms with E-state index in [-0.39, 0.29) is 11.9 Å². The summed E-state index contributed by atoms with van der Waals surface area (Å²) in [6, 6.07) is 3.32. The number of fused-ring (bicyclic) bond motifs is 3. The van der Waals surface area contributed by atoms with Crippen LogP contribution in [0.5, 0.6) is 0 Å². The average Bonchev–Trinajstić information content (AvgIpc) is 2.73. The summed E-state index contributed by atoms with van der Waals surface area (Å²) in [5.41, 5.74) is 2.25. The molecule has 0 radical (unpaired) electrons. The van der Waals surface area contributed by atoms with Crippen molar-refractivity contribution in [2.75, 3.05) is 0 Å². The normalized spacial score (nSPS) is 29.8. The molecule has 1 aliphatic carbocycles. The van der Waals surface area contributed by atoms with E-state index in [1.807, 2.05) is 6.07 Å². The first-order valence-electron chi connectivity index (χ1n) is 3.89. The van der Waals surface area contributed by atoms with Gasteiger partial charge in [0.15, 0.2) is 0 Å². The number of ether oxygens (including phenoxy) is 1. The van der Waals surface area contributed by atoms with Crippen molar-refractivity contribution in [3.63, 3.8) is 0 Å². The second-order valence-electron chi connectivity index (χ2n) is 3.23. The predicted octanol–water partition coefficient (Wildman–Crippen LogP) is 2.58. The highest BCUT2D eigenvalue weighted by molar-refractivity contribution is 9.10. The number of rotatable bonds is 0. The van der Waals surface area contributed by atoms with E-state index in [1.54, 1.807) is 0 Å². The van der Waals surface area contributed by atoms with Gasteiger partial charge in [0.2, 0.25) is 0 Å². The Bertz CT molecular complexity index is 364. The molecular formula is C9H6BrFO. The third kappa shape index (κ3) is 0.756. The summed E-state index contributed by atoms with van der Waals surface area (Å²) >= 11 is 3.25. The van der Waals surface area contributed by atoms with Crippen molar-refractivity contribution < 1.29 is 9.13 Å². The van der Waals surface area contributed by atoms with Crippen LogP contribution in [0.3, 0.4) is 0 Å². The third-order valence-corrected chi connectivity index (χ3v) is 3.38. The molecule has 2 atom stereocenters. The smallest absolute Gasteiger partial charge is 0.137 e. The van der Waals surface area contributed by atoms with Crippen molar-refractivity contribution >= 4 is 15.9 Å². The molecule has 0 spiro atoms. The Morgan fingerprint density at radius 3 is 3.17 bits per heavy atom. The zero-order valence-electron chi connectivity index (χ0n) is 6.18. The summed E-state index contributed by atoms with van der Waals surface area (Å²) < 4.78 is 19.0. The molecule has 1 saturated heterocycles. The molecule has 0 saturated carbocycles. The van der Waals surface area contributed by atoms with E-state index < -0.39 is 0 Å². The minimum absolute atomic E-state index is 0.171. The van der Waals surface area contributed by atoms with E-state index in [9.17, 15) is 4.39 Å². The van der Waals surface area contributed by atoms with Crippen LogP contribution in [0.15, 0.2) is 16.6 Å². The molecule has 1 aromatic carbocycles. The van der Waals surface area contributed by atoms with Crippen molar-refractivity contribution in [2.45, 2.75) is 18.6 Å². The highest BCUT2D eigenvalue weighted by atomic mass is 79.9. The highest BCUT2D eigenvalue weighted by Gasteiger charge is 2.48. The van der Waals surface area contributed by atoms with Crippen LogP contribution in [0.1, 0.15) is 17.2 Å². The van der Waals surface area contributed by atoms with Crippen LogP contribution in [-0.4, -0.2) is 6.10 Å². The molecule has 1 aliphatic heterocycles. The molecule has 1 nitrogen and oxygen atoms in total. The van der Waals surface area contributed by atoms with E-state index in [4.69, 9.17) is 4.74 Å². The van der Waals surface area contributed by atoms with Gasteiger partial charge >= 0.3 is 0 Å². The van der Waals surface area contributed by atoms with Gasteiger partial charge in [-0.1, -0.05) is 6.07 Å². The first-order valence-corrected chi connectivity index (χ1v) is 4.69. The monoisotopic (exact) mass is 228 g/mol. The first-order chi connectivity index (χ1) is 5.77. The molecule has 1 aromatic rings. The number of epoxide rings is 1. The molecule has 3 rings (SSSR count). The summed E-state index contributed by atoms with van der Waals surface area (Å²) in [7, 11) is 0. The molecule has 1 heterocycles. The van der Waals surface area contributed by atoms with Gasteiger partial charge in [0.05, 0.1) is 10.6 Å². The number of hydrogen-bond donors (Lipinski definition) is 0. The molecule has 1 fully saturated rings. The average molecular weight is 229 g/mol. The molecule has 12 heavy (non-hydrogen) atoms. The van der Waals surface area contributed by atoms with Gasteiger partial charge in [-0.05, 0) is 33.1 Å². The number of halogens is 2. The summed E-state index contributed by atoms with van der Waals surface area (Å²) in [5, 5.41) is 0. The molecular weight excluding hydrogens is 223 g/mol. The zero-order valence-corrected chi connectivity index (χ0v) is 7.77. The van der Waals surface area contributed by atoms with Crippen molar-refractivity contribution in [2.24, 2.45) is 0 Å². The Morgan fingerprint density at radius 1 is 1.50 bits per heavy atom. The fourth-order valence-electron chi connectivity index (χ4n) is 1.85. The lowest BCUT2D eigenvalue weighted by Gasteiger charge is -2.04. The molecule has 62 valence electrons. The van der Waals surface area contributed by atoms with Crippen molar-refractivity contribution in [3.05, 3.63) is 33.5 Å². The van der Waals surface area contributed by atoms with Gasteiger partial charge in [-0.25, -0.2) is 4.39 Å². The van der Waals surface area contributed by atoms with Crippen LogP contribution in [-0.2, 0) is 11.2 Å². The molecule has 0 unspecified atom stereocenters. The van der Waals surface area contributed by atoms with Crippen LogP contribution in [0.25, 0.3) is 0 Å². The quantitative estimate of drug-likeness (QED) is 0.623. The van der Waals surface area contributed by atoms with E-state index in [2.05, 4.69) is 15.9 Å². The lowest BCUT2D eigenvalue weighted by Crippen LogP contribution is -1.93. The predicted molar refractivity (Wildman–Crippen MR) is 45.4 cm³/mol. The Morgan fingerprint density at radius 2 is 2.33 bits per heavy atom. The maximum Gasteiger partial charge on any atom is 0.137 e. The maximum absolute atomic E-state index is 13.0. The summed E-state index contributed by atoms with van der Waals surface area (Å²) in [6.45, 7) is 0. The van der Waals surface area contributed by atoms with Gasteiger partial charge in [0.1, 0.15) is 11.9 Å². The van der Waals surface area contributed by atoms with Gasteiger partial charge in [-0.3, -0.25) is 0 Å². The van der Waals surface area contributed by atoms with Gasteiger partial charge in [0.25, 0.3) is 0 Å². The van der Waals surface area contributed by atoms with Crippen LogP contribution in [0.4, 0.5) is 4.39 Å².